The number of ether oxygens (including phenoxy) is 4. The summed E-state index contributed by atoms with van der Waals surface area (Å²) in [7, 11) is -4.32. The van der Waals surface area contributed by atoms with Gasteiger partial charge >= 0.3 is 13.7 Å². The summed E-state index contributed by atoms with van der Waals surface area (Å²) in [4.78, 5) is 13.0. The van der Waals surface area contributed by atoms with Gasteiger partial charge in [0.15, 0.2) is 5.79 Å². The van der Waals surface area contributed by atoms with Crippen LogP contribution in [-0.4, -0.2) is 57.9 Å². The summed E-state index contributed by atoms with van der Waals surface area (Å²) < 4.78 is 52.3. The predicted octanol–water partition coefficient (Wildman–Crippen LogP) is 4.83. The number of carbonyl (C=O) groups is 1. The Kier molecular flexibility index (Phi) is 8.65. The van der Waals surface area contributed by atoms with Crippen LogP contribution in [0.25, 0.3) is 5.52 Å². The molecule has 1 aromatic carbocycles. The van der Waals surface area contributed by atoms with Crippen molar-refractivity contribution >= 4 is 24.9 Å². The Morgan fingerprint density at radius 3 is 2.64 bits per heavy atom. The number of rotatable bonds is 10. The molecule has 0 unspecified atom stereocenters. The monoisotopic (exact) mass is 639 g/mol. The van der Waals surface area contributed by atoms with Crippen LogP contribution in [0.4, 0.5) is 5.69 Å². The number of para-hydroxylation sites is 1. The van der Waals surface area contributed by atoms with E-state index in [0.29, 0.717) is 16.9 Å². The third-order valence-corrected chi connectivity index (χ3v) is 9.90. The lowest BCUT2D eigenvalue weighted by Crippen LogP contribution is -2.46. The van der Waals surface area contributed by atoms with Crippen molar-refractivity contribution in [2.24, 2.45) is 0 Å². The number of hydrogen-bond acceptors (Lipinski definition) is 11. The summed E-state index contributed by atoms with van der Waals surface area (Å²) in [5.41, 5.74) is 6.15. The lowest BCUT2D eigenvalue weighted by atomic mass is 9.96. The molecule has 3 N–H and O–H groups in total. The average Bonchev–Trinajstić information content (AvgIpc) is 3.67. The summed E-state index contributed by atoms with van der Waals surface area (Å²) in [6.07, 6.45) is 3.55. The second-order valence-corrected chi connectivity index (χ2v) is 13.8. The lowest BCUT2D eigenvalue weighted by molar-refractivity contribution is -0.204. The molecule has 0 bridgehead atoms. The van der Waals surface area contributed by atoms with Crippen molar-refractivity contribution in [1.29, 1.82) is 5.26 Å². The van der Waals surface area contributed by atoms with Gasteiger partial charge in [-0.25, -0.2) is 9.08 Å². The minimum absolute atomic E-state index is 0.189. The molecule has 6 atom stereocenters. The molecular weight excluding hydrogens is 601 g/mol. The minimum atomic E-state index is -4.32. The van der Waals surface area contributed by atoms with Crippen molar-refractivity contribution in [1.82, 2.24) is 14.7 Å². The van der Waals surface area contributed by atoms with Crippen LogP contribution >= 0.6 is 7.75 Å². The zero-order valence-corrected chi connectivity index (χ0v) is 26.4. The first-order chi connectivity index (χ1) is 21.5. The summed E-state index contributed by atoms with van der Waals surface area (Å²) in [6.45, 7) is 4.46. The largest absolute Gasteiger partial charge is 0.461 e. The topological polar surface area (TPSA) is 169 Å². The molecule has 0 amide bonds. The van der Waals surface area contributed by atoms with Crippen LogP contribution in [-0.2, 0) is 32.8 Å². The van der Waals surface area contributed by atoms with Crippen LogP contribution in [0.1, 0.15) is 64.7 Å². The molecule has 14 heteroatoms. The zero-order chi connectivity index (χ0) is 31.8. The lowest BCUT2D eigenvalue weighted by Gasteiger charge is -2.31. The van der Waals surface area contributed by atoms with Gasteiger partial charge in [0.25, 0.3) is 0 Å². The van der Waals surface area contributed by atoms with Gasteiger partial charge in [-0.05, 0) is 76.8 Å². The van der Waals surface area contributed by atoms with Gasteiger partial charge in [-0.3, -0.25) is 9.32 Å². The van der Waals surface area contributed by atoms with E-state index in [0.717, 1.165) is 32.1 Å². The first kappa shape index (κ1) is 31.5. The number of nitrogen functional groups attached to an aromatic ring is 1. The number of nitrogens with two attached hydrogens (primary N) is 1. The second-order valence-electron chi connectivity index (χ2n) is 12.1. The van der Waals surface area contributed by atoms with Crippen LogP contribution in [0, 0.1) is 11.3 Å². The Balaban J connectivity index is 1.26. The first-order valence-corrected chi connectivity index (χ1v) is 16.7. The zero-order valence-electron chi connectivity index (χ0n) is 25.5. The van der Waals surface area contributed by atoms with Gasteiger partial charge in [0, 0.05) is 6.20 Å². The summed E-state index contributed by atoms with van der Waals surface area (Å²) in [6, 6.07) is 14.9. The highest BCUT2D eigenvalue weighted by molar-refractivity contribution is 7.52. The van der Waals surface area contributed by atoms with Crippen molar-refractivity contribution < 1.29 is 37.4 Å². The molecule has 3 aromatic rings. The smallest absolute Gasteiger partial charge is 0.459 e. The van der Waals surface area contributed by atoms with Gasteiger partial charge in [-0.15, -0.1) is 0 Å². The molecule has 1 saturated carbocycles. The van der Waals surface area contributed by atoms with Gasteiger partial charge < -0.3 is 29.2 Å². The highest BCUT2D eigenvalue weighted by Crippen LogP contribution is 2.53. The number of hydrogen-bond donors (Lipinski definition) is 2. The highest BCUT2D eigenvalue weighted by atomic mass is 31.2. The second kappa shape index (κ2) is 12.4. The van der Waals surface area contributed by atoms with Crippen molar-refractivity contribution in [2.75, 3.05) is 12.3 Å². The molecule has 3 aliphatic rings. The maximum Gasteiger partial charge on any atom is 0.459 e. The van der Waals surface area contributed by atoms with Gasteiger partial charge in [0.2, 0.25) is 5.60 Å². The van der Waals surface area contributed by atoms with Crippen molar-refractivity contribution in [2.45, 2.75) is 94.7 Å². The summed E-state index contributed by atoms with van der Waals surface area (Å²) >= 11 is 0. The third kappa shape index (κ3) is 6.45. The number of esters is 1. The minimum Gasteiger partial charge on any atom is -0.461 e. The van der Waals surface area contributed by atoms with Crippen molar-refractivity contribution in [3.63, 3.8) is 0 Å². The molecule has 0 spiro atoms. The van der Waals surface area contributed by atoms with E-state index in [1.807, 2.05) is 0 Å². The molecule has 13 nitrogen and oxygen atoms in total. The van der Waals surface area contributed by atoms with Crippen LogP contribution in [0.15, 0.2) is 54.7 Å². The summed E-state index contributed by atoms with van der Waals surface area (Å²) in [5, 5.41) is 17.7. The summed E-state index contributed by atoms with van der Waals surface area (Å²) in [5.74, 6) is -1.39. The van der Waals surface area contributed by atoms with Gasteiger partial charge in [-0.1, -0.05) is 24.6 Å². The molecule has 45 heavy (non-hydrogen) atoms. The quantitative estimate of drug-likeness (QED) is 0.229. The molecule has 2 aliphatic heterocycles. The predicted molar refractivity (Wildman–Crippen MR) is 162 cm³/mol. The maximum atomic E-state index is 14.3. The third-order valence-electron chi connectivity index (χ3n) is 8.28. The molecular formula is C31H38N5O8P. The normalized spacial score (nSPS) is 28.2. The number of fused-ring (bicyclic) bond motifs is 2. The van der Waals surface area contributed by atoms with E-state index in [4.69, 9.17) is 33.7 Å². The molecule has 1 aliphatic carbocycles. The van der Waals surface area contributed by atoms with E-state index in [-0.39, 0.29) is 11.9 Å². The maximum absolute atomic E-state index is 14.3. The van der Waals surface area contributed by atoms with Gasteiger partial charge in [-0.2, -0.15) is 15.4 Å². The molecule has 4 heterocycles. The highest BCUT2D eigenvalue weighted by Gasteiger charge is 2.65. The fourth-order valence-corrected chi connectivity index (χ4v) is 7.62. The number of carbonyl (C=O) groups excluding carboxylic acids is 1. The fourth-order valence-electron chi connectivity index (χ4n) is 6.10. The van der Waals surface area contributed by atoms with Gasteiger partial charge in [0.1, 0.15) is 48.9 Å². The van der Waals surface area contributed by atoms with E-state index in [9.17, 15) is 14.6 Å². The average molecular weight is 640 g/mol. The van der Waals surface area contributed by atoms with Gasteiger partial charge in [0.05, 0.1) is 16.9 Å². The Hall–Kier alpha value is -3.50. The molecule has 2 aromatic heterocycles. The number of nitriles is 1. The van der Waals surface area contributed by atoms with E-state index in [1.54, 1.807) is 73.1 Å². The SMILES string of the molecule is C[C@H](N[P@](=O)(OC[C@@]1(C#N)O[C@@H](c2ccc3c(N)ccnn23)[C@@H]2OC(C)(C)O[C@@H]21)Oc1ccccc1)C(=O)OC1CCCCC1. The Morgan fingerprint density at radius 2 is 1.91 bits per heavy atom. The van der Waals surface area contributed by atoms with E-state index in [1.165, 1.54) is 6.92 Å². The van der Waals surface area contributed by atoms with Crippen LogP contribution in [0.2, 0.25) is 0 Å². The molecule has 6 rings (SSSR count). The Labute approximate surface area is 261 Å². The molecule has 0 radical (unpaired) electrons. The number of benzene rings is 1. The van der Waals surface area contributed by atoms with Crippen LogP contribution in [0.3, 0.4) is 0 Å². The van der Waals surface area contributed by atoms with E-state index >= 15 is 0 Å². The molecule has 3 fully saturated rings. The van der Waals surface area contributed by atoms with Crippen LogP contribution < -0.4 is 15.3 Å². The number of aromatic nitrogens is 2. The number of nitrogens with one attached hydrogen (secondary N) is 1. The fraction of sp³-hybridized carbons (Fsp3) is 0.516. The van der Waals surface area contributed by atoms with Crippen molar-refractivity contribution in [3.05, 3.63) is 60.4 Å². The molecule has 2 saturated heterocycles. The first-order valence-electron chi connectivity index (χ1n) is 15.2. The van der Waals surface area contributed by atoms with Crippen molar-refractivity contribution in [3.8, 4) is 11.8 Å². The van der Waals surface area contributed by atoms with Crippen LogP contribution in [0.5, 0.6) is 5.75 Å². The standard InChI is InChI=1S/C31H38N5O8P/c1-20(29(37)40-21-10-6-4-7-11-21)35-45(38,44-22-12-8-5-9-13-22)39-19-31(18-32)28-27(41-30(2,3)43-28)26(42-31)25-15-14-24-23(33)16-17-34-36(24)25/h5,8-9,12-17,20-21,26-28H,4,6-7,10-11,19,33H2,1-3H3,(H,35,38)/t20-,26-,27-,28-,31+,45-/m0/s1. The number of nitrogens with zero attached hydrogens (tertiary/aromatic N) is 3. The Bertz CT molecular complexity index is 1620. The Morgan fingerprint density at radius 1 is 1.16 bits per heavy atom. The van der Waals surface area contributed by atoms with E-state index in [2.05, 4.69) is 16.3 Å². The number of anilines is 1. The molecule has 240 valence electrons. The van der Waals surface area contributed by atoms with E-state index < -0.39 is 56.1 Å².